The fraction of sp³-hybridized carbons (Fsp3) is 0.360. The third-order valence-electron chi connectivity index (χ3n) is 5.97. The second kappa shape index (κ2) is 11.7. The van der Waals surface area contributed by atoms with Crippen molar-refractivity contribution in [2.75, 3.05) is 17.3 Å². The average molecular weight is 610 g/mol. The van der Waals surface area contributed by atoms with E-state index in [9.17, 15) is 44.7 Å². The van der Waals surface area contributed by atoms with E-state index in [2.05, 4.69) is 15.4 Å². The molecule has 1 aromatic heterocycles. The van der Waals surface area contributed by atoms with Crippen LogP contribution in [0.1, 0.15) is 61.9 Å². The number of aryl methyl sites for hydroxylation is 1. The Labute approximate surface area is 232 Å². The zero-order valence-corrected chi connectivity index (χ0v) is 22.4. The Morgan fingerprint density at radius 1 is 1.07 bits per heavy atom. The molecule has 0 saturated carbocycles. The molecule has 3 aromatic rings. The number of primary amides is 1. The van der Waals surface area contributed by atoms with E-state index in [4.69, 9.17) is 5.73 Å². The SMILES string of the molecule is CSC[C@@H](C)c1cccc(C(=O)Nc2ccc(Cn3nc(C(F)(F)C(F)(F)F)nc3C(F)(F)F)cc2C)c1C(N)=O. The van der Waals surface area contributed by atoms with Crippen LogP contribution < -0.4 is 11.1 Å². The maximum Gasteiger partial charge on any atom is 0.461 e. The molecule has 0 fully saturated rings. The molecule has 222 valence electrons. The number of rotatable bonds is 9. The molecule has 3 N–H and O–H groups in total. The van der Waals surface area contributed by atoms with Crippen LogP contribution in [0, 0.1) is 6.92 Å². The standard InChI is InChI=1S/C25H23F8N5O2S/c1-12-9-14(10-38-22(24(28,29)30)36-21(37-38)23(26,27)25(31,32)33)7-8-17(12)35-20(40)16-6-4-5-15(13(2)11-41-3)18(16)19(34)39/h4-9,13H,10-11H2,1-3H3,(H2,34,39)(H,35,40)/t13-/m1/s1. The molecule has 0 unspecified atom stereocenters. The molecule has 0 aliphatic heterocycles. The van der Waals surface area contributed by atoms with E-state index >= 15 is 0 Å². The predicted octanol–water partition coefficient (Wildman–Crippen LogP) is 6.13. The third-order valence-corrected chi connectivity index (χ3v) is 6.80. The van der Waals surface area contributed by atoms with E-state index in [0.29, 0.717) is 16.9 Å². The van der Waals surface area contributed by atoms with Crippen LogP contribution in [0.3, 0.4) is 0 Å². The lowest BCUT2D eigenvalue weighted by atomic mass is 9.92. The summed E-state index contributed by atoms with van der Waals surface area (Å²) in [6, 6.07) is 8.49. The molecular weight excluding hydrogens is 586 g/mol. The van der Waals surface area contributed by atoms with Gasteiger partial charge in [-0.15, -0.1) is 5.10 Å². The van der Waals surface area contributed by atoms with Crippen molar-refractivity contribution in [1.29, 1.82) is 0 Å². The number of amides is 2. The third kappa shape index (κ3) is 6.80. The van der Waals surface area contributed by atoms with Gasteiger partial charge in [0, 0.05) is 5.69 Å². The number of thioether (sulfide) groups is 1. The predicted molar refractivity (Wildman–Crippen MR) is 135 cm³/mol. The van der Waals surface area contributed by atoms with Crippen molar-refractivity contribution in [3.8, 4) is 0 Å². The van der Waals surface area contributed by atoms with Gasteiger partial charge in [-0.05, 0) is 53.7 Å². The van der Waals surface area contributed by atoms with Gasteiger partial charge in [-0.2, -0.15) is 46.9 Å². The van der Waals surface area contributed by atoms with Gasteiger partial charge in [0.25, 0.3) is 5.91 Å². The number of carbonyl (C=O) groups is 2. The molecule has 0 radical (unpaired) electrons. The molecule has 7 nitrogen and oxygen atoms in total. The minimum Gasteiger partial charge on any atom is -0.366 e. The van der Waals surface area contributed by atoms with Crippen LogP contribution in [-0.2, 0) is 18.6 Å². The monoisotopic (exact) mass is 609 g/mol. The molecule has 0 saturated heterocycles. The largest absolute Gasteiger partial charge is 0.461 e. The first-order chi connectivity index (χ1) is 18.9. The lowest BCUT2D eigenvalue weighted by Gasteiger charge is -2.17. The van der Waals surface area contributed by atoms with E-state index < -0.39 is 48.3 Å². The first-order valence-electron chi connectivity index (χ1n) is 11.7. The van der Waals surface area contributed by atoms with Gasteiger partial charge in [0.1, 0.15) is 0 Å². The summed E-state index contributed by atoms with van der Waals surface area (Å²) < 4.78 is 105. The number of halogens is 8. The van der Waals surface area contributed by atoms with Gasteiger partial charge in [-0.1, -0.05) is 31.2 Å². The van der Waals surface area contributed by atoms with Crippen molar-refractivity contribution in [1.82, 2.24) is 14.8 Å². The van der Waals surface area contributed by atoms with Crippen LogP contribution in [0.15, 0.2) is 36.4 Å². The van der Waals surface area contributed by atoms with E-state index in [-0.39, 0.29) is 33.0 Å². The summed E-state index contributed by atoms with van der Waals surface area (Å²) in [6.45, 7) is 2.49. The number of nitrogens with one attached hydrogen (secondary N) is 1. The zero-order valence-electron chi connectivity index (χ0n) is 21.6. The summed E-state index contributed by atoms with van der Waals surface area (Å²) in [6.07, 6.45) is -9.71. The summed E-state index contributed by atoms with van der Waals surface area (Å²) in [5.74, 6) is -11.0. The van der Waals surface area contributed by atoms with Crippen molar-refractivity contribution >= 4 is 29.3 Å². The van der Waals surface area contributed by atoms with Crippen LogP contribution in [0.4, 0.5) is 40.8 Å². The van der Waals surface area contributed by atoms with Crippen molar-refractivity contribution in [2.45, 2.75) is 44.6 Å². The van der Waals surface area contributed by atoms with Crippen molar-refractivity contribution < 1.29 is 44.7 Å². The second-order valence-electron chi connectivity index (χ2n) is 9.08. The minimum absolute atomic E-state index is 0.00184. The van der Waals surface area contributed by atoms with Crippen LogP contribution in [0.5, 0.6) is 0 Å². The smallest absolute Gasteiger partial charge is 0.366 e. The molecule has 1 heterocycles. The Kier molecular flexibility index (Phi) is 9.05. The second-order valence-corrected chi connectivity index (χ2v) is 9.99. The van der Waals surface area contributed by atoms with Gasteiger partial charge in [-0.25, -0.2) is 9.67 Å². The fourth-order valence-corrected chi connectivity index (χ4v) is 4.71. The highest BCUT2D eigenvalue weighted by molar-refractivity contribution is 7.98. The van der Waals surface area contributed by atoms with E-state index in [1.807, 2.05) is 13.2 Å². The fourth-order valence-electron chi connectivity index (χ4n) is 4.03. The minimum atomic E-state index is -6.21. The van der Waals surface area contributed by atoms with Gasteiger partial charge in [0.2, 0.25) is 17.6 Å². The van der Waals surface area contributed by atoms with Gasteiger partial charge in [-0.3, -0.25) is 9.59 Å². The number of hydrogen-bond donors (Lipinski definition) is 2. The number of nitrogens with two attached hydrogens (primary N) is 1. The molecule has 2 aromatic carbocycles. The van der Waals surface area contributed by atoms with Gasteiger partial charge >= 0.3 is 18.3 Å². The van der Waals surface area contributed by atoms with Gasteiger partial charge in [0.15, 0.2) is 0 Å². The summed E-state index contributed by atoms with van der Waals surface area (Å²) in [4.78, 5) is 27.8. The summed E-state index contributed by atoms with van der Waals surface area (Å²) in [5, 5.41) is 5.41. The molecular formula is C25H23F8N5O2S. The molecule has 2 amide bonds. The number of carbonyl (C=O) groups excluding carboxylic acids is 2. The van der Waals surface area contributed by atoms with Crippen molar-refractivity contribution in [2.24, 2.45) is 5.73 Å². The van der Waals surface area contributed by atoms with Crippen LogP contribution in [0.25, 0.3) is 0 Å². The molecule has 3 rings (SSSR count). The summed E-state index contributed by atoms with van der Waals surface area (Å²) in [5.41, 5.74) is 6.72. The Bertz CT molecular complexity index is 1450. The quantitative estimate of drug-likeness (QED) is 0.285. The van der Waals surface area contributed by atoms with Crippen LogP contribution in [0.2, 0.25) is 0 Å². The molecule has 0 aliphatic rings. The highest BCUT2D eigenvalue weighted by atomic mass is 32.2. The maximum atomic E-state index is 13.6. The number of anilines is 1. The lowest BCUT2D eigenvalue weighted by molar-refractivity contribution is -0.292. The Hall–Kier alpha value is -3.69. The Morgan fingerprint density at radius 2 is 1.73 bits per heavy atom. The van der Waals surface area contributed by atoms with Gasteiger partial charge in [0.05, 0.1) is 17.7 Å². The summed E-state index contributed by atoms with van der Waals surface area (Å²) in [7, 11) is 0. The number of nitrogens with zero attached hydrogens (tertiary/aromatic N) is 3. The number of aromatic nitrogens is 3. The molecule has 0 spiro atoms. The molecule has 0 bridgehead atoms. The first kappa shape index (κ1) is 31.8. The van der Waals surface area contributed by atoms with Gasteiger partial charge < -0.3 is 11.1 Å². The molecule has 1 atom stereocenters. The lowest BCUT2D eigenvalue weighted by Crippen LogP contribution is -2.35. The first-order valence-corrected chi connectivity index (χ1v) is 13.1. The number of benzene rings is 2. The van der Waals surface area contributed by atoms with Crippen LogP contribution >= 0.6 is 11.8 Å². The number of alkyl halides is 8. The van der Waals surface area contributed by atoms with E-state index in [1.165, 1.54) is 43.0 Å². The molecule has 0 aliphatic carbocycles. The van der Waals surface area contributed by atoms with E-state index in [0.717, 1.165) is 0 Å². The van der Waals surface area contributed by atoms with Crippen molar-refractivity contribution in [3.63, 3.8) is 0 Å². The van der Waals surface area contributed by atoms with Crippen molar-refractivity contribution in [3.05, 3.63) is 75.9 Å². The topological polar surface area (TPSA) is 103 Å². The Balaban J connectivity index is 1.92. The molecule has 16 heteroatoms. The maximum absolute atomic E-state index is 13.6. The highest BCUT2D eigenvalue weighted by Crippen LogP contribution is 2.43. The number of hydrogen-bond acceptors (Lipinski definition) is 5. The summed E-state index contributed by atoms with van der Waals surface area (Å²) >= 11 is 1.54. The Morgan fingerprint density at radius 3 is 2.27 bits per heavy atom. The normalized spacial score (nSPS) is 13.2. The zero-order chi connectivity index (χ0) is 30.9. The van der Waals surface area contributed by atoms with E-state index in [1.54, 1.807) is 12.1 Å². The highest BCUT2D eigenvalue weighted by Gasteiger charge is 2.62. The van der Waals surface area contributed by atoms with Crippen LogP contribution in [-0.4, -0.2) is 44.8 Å². The molecule has 41 heavy (non-hydrogen) atoms. The average Bonchev–Trinajstić information content (AvgIpc) is 3.29.